The van der Waals surface area contributed by atoms with E-state index in [-0.39, 0.29) is 10.7 Å². The summed E-state index contributed by atoms with van der Waals surface area (Å²) in [6.45, 7) is 2.38. The molecule has 0 aliphatic heterocycles. The molecule has 0 fully saturated rings. The molecule has 0 aliphatic rings. The van der Waals surface area contributed by atoms with E-state index in [1.54, 1.807) is 13.1 Å². The van der Waals surface area contributed by atoms with Crippen LogP contribution in [0.3, 0.4) is 0 Å². The minimum Gasteiger partial charge on any atom is -0.368 e. The predicted octanol–water partition coefficient (Wildman–Crippen LogP) is 2.36. The van der Waals surface area contributed by atoms with Gasteiger partial charge in [-0.1, -0.05) is 17.7 Å². The number of hydrogen-bond acceptors (Lipinski definition) is 5. The van der Waals surface area contributed by atoms with Crippen LogP contribution in [0.15, 0.2) is 24.5 Å². The van der Waals surface area contributed by atoms with Crippen molar-refractivity contribution in [2.24, 2.45) is 0 Å². The Balaban J connectivity index is 2.06. The van der Waals surface area contributed by atoms with Crippen molar-refractivity contribution in [3.8, 4) is 6.07 Å². The van der Waals surface area contributed by atoms with Gasteiger partial charge in [-0.2, -0.15) is 5.26 Å². The standard InChI is InChI=1S/C13H12ClN5/c1-9-18-12(14)11(7-15)13(19-9)17-6-4-10-3-2-5-16-8-10/h2-3,5,8H,4,6H2,1H3,(H,17,18,19). The van der Waals surface area contributed by atoms with Crippen molar-refractivity contribution in [3.63, 3.8) is 0 Å². The second-order valence-electron chi connectivity index (χ2n) is 3.94. The predicted molar refractivity (Wildman–Crippen MR) is 72.9 cm³/mol. The summed E-state index contributed by atoms with van der Waals surface area (Å²) in [6.07, 6.45) is 4.34. The number of anilines is 1. The first-order chi connectivity index (χ1) is 9.20. The van der Waals surface area contributed by atoms with Gasteiger partial charge >= 0.3 is 0 Å². The summed E-state index contributed by atoms with van der Waals surface area (Å²) in [4.78, 5) is 12.2. The third-order valence-electron chi connectivity index (χ3n) is 2.52. The fraction of sp³-hybridized carbons (Fsp3) is 0.231. The fourth-order valence-corrected chi connectivity index (χ4v) is 1.89. The molecule has 0 atom stereocenters. The summed E-state index contributed by atoms with van der Waals surface area (Å²) < 4.78 is 0. The van der Waals surface area contributed by atoms with E-state index in [1.807, 2.05) is 24.4 Å². The molecule has 0 spiro atoms. The van der Waals surface area contributed by atoms with Gasteiger partial charge in [-0.3, -0.25) is 4.98 Å². The molecule has 0 saturated heterocycles. The van der Waals surface area contributed by atoms with Crippen molar-refractivity contribution in [2.75, 3.05) is 11.9 Å². The molecule has 2 aromatic heterocycles. The average Bonchev–Trinajstić information content (AvgIpc) is 2.39. The number of nitrogens with zero attached hydrogens (tertiary/aromatic N) is 4. The van der Waals surface area contributed by atoms with Gasteiger partial charge in [0.15, 0.2) is 5.15 Å². The number of nitriles is 1. The minimum absolute atomic E-state index is 0.180. The van der Waals surface area contributed by atoms with Gasteiger partial charge in [0.2, 0.25) is 0 Å². The van der Waals surface area contributed by atoms with E-state index in [0.29, 0.717) is 18.2 Å². The third-order valence-corrected chi connectivity index (χ3v) is 2.79. The van der Waals surface area contributed by atoms with Gasteiger partial charge < -0.3 is 5.32 Å². The summed E-state index contributed by atoms with van der Waals surface area (Å²) in [6, 6.07) is 5.90. The van der Waals surface area contributed by atoms with E-state index < -0.39 is 0 Å². The summed E-state index contributed by atoms with van der Waals surface area (Å²) in [7, 11) is 0. The molecule has 2 heterocycles. The van der Waals surface area contributed by atoms with Crippen molar-refractivity contribution in [2.45, 2.75) is 13.3 Å². The summed E-state index contributed by atoms with van der Waals surface area (Å²) in [5, 5.41) is 12.3. The lowest BCUT2D eigenvalue weighted by molar-refractivity contribution is 0.970. The molecule has 0 saturated carbocycles. The van der Waals surface area contributed by atoms with Crippen LogP contribution in [0.4, 0.5) is 5.82 Å². The van der Waals surface area contributed by atoms with E-state index in [2.05, 4.69) is 20.3 Å². The van der Waals surface area contributed by atoms with Gasteiger partial charge in [-0.15, -0.1) is 0 Å². The summed E-state index contributed by atoms with van der Waals surface area (Å²) in [5.41, 5.74) is 1.39. The molecular formula is C13H12ClN5. The van der Waals surface area contributed by atoms with Crippen LogP contribution in [0.1, 0.15) is 17.0 Å². The molecule has 0 amide bonds. The molecule has 0 bridgehead atoms. The number of pyridine rings is 1. The highest BCUT2D eigenvalue weighted by Crippen LogP contribution is 2.19. The molecule has 0 aliphatic carbocycles. The fourth-order valence-electron chi connectivity index (χ4n) is 1.64. The van der Waals surface area contributed by atoms with Gasteiger partial charge in [0.25, 0.3) is 0 Å². The Morgan fingerprint density at radius 3 is 2.95 bits per heavy atom. The monoisotopic (exact) mass is 273 g/mol. The Morgan fingerprint density at radius 2 is 2.26 bits per heavy atom. The number of hydrogen-bond donors (Lipinski definition) is 1. The van der Waals surface area contributed by atoms with Gasteiger partial charge in [-0.05, 0) is 25.0 Å². The average molecular weight is 274 g/mol. The van der Waals surface area contributed by atoms with E-state index in [1.165, 1.54) is 0 Å². The smallest absolute Gasteiger partial charge is 0.152 e. The van der Waals surface area contributed by atoms with Crippen molar-refractivity contribution in [3.05, 3.63) is 46.6 Å². The zero-order valence-corrected chi connectivity index (χ0v) is 11.1. The first-order valence-corrected chi connectivity index (χ1v) is 6.15. The maximum absolute atomic E-state index is 9.04. The Kier molecular flexibility index (Phi) is 4.26. The molecule has 0 radical (unpaired) electrons. The number of nitrogens with one attached hydrogen (secondary N) is 1. The van der Waals surface area contributed by atoms with Crippen molar-refractivity contribution in [1.29, 1.82) is 5.26 Å². The van der Waals surface area contributed by atoms with E-state index >= 15 is 0 Å². The summed E-state index contributed by atoms with van der Waals surface area (Å²) in [5.74, 6) is 1.01. The van der Waals surface area contributed by atoms with E-state index in [4.69, 9.17) is 16.9 Å². The highest BCUT2D eigenvalue weighted by atomic mass is 35.5. The Bertz CT molecular complexity index is 606. The lowest BCUT2D eigenvalue weighted by Crippen LogP contribution is -2.09. The number of halogens is 1. The Morgan fingerprint density at radius 1 is 1.42 bits per heavy atom. The van der Waals surface area contributed by atoms with Gasteiger partial charge in [0.05, 0.1) is 0 Å². The van der Waals surface area contributed by atoms with E-state index in [0.717, 1.165) is 12.0 Å². The molecular weight excluding hydrogens is 262 g/mol. The maximum atomic E-state index is 9.04. The Labute approximate surface area is 116 Å². The zero-order chi connectivity index (χ0) is 13.7. The molecule has 5 nitrogen and oxygen atoms in total. The van der Waals surface area contributed by atoms with Crippen LogP contribution in [-0.2, 0) is 6.42 Å². The maximum Gasteiger partial charge on any atom is 0.152 e. The molecule has 2 rings (SSSR count). The molecule has 0 unspecified atom stereocenters. The van der Waals surface area contributed by atoms with Crippen molar-refractivity contribution < 1.29 is 0 Å². The third kappa shape index (κ3) is 3.39. The second kappa shape index (κ2) is 6.12. The topological polar surface area (TPSA) is 74.5 Å². The highest BCUT2D eigenvalue weighted by molar-refractivity contribution is 6.30. The van der Waals surface area contributed by atoms with Crippen LogP contribution in [0.2, 0.25) is 5.15 Å². The van der Waals surface area contributed by atoms with Crippen LogP contribution in [-0.4, -0.2) is 21.5 Å². The lowest BCUT2D eigenvalue weighted by Gasteiger charge is -2.08. The molecule has 2 aromatic rings. The van der Waals surface area contributed by atoms with Crippen molar-refractivity contribution in [1.82, 2.24) is 15.0 Å². The number of aromatic nitrogens is 3. The molecule has 6 heteroatoms. The molecule has 1 N–H and O–H groups in total. The Hall–Kier alpha value is -2.19. The van der Waals surface area contributed by atoms with Crippen LogP contribution >= 0.6 is 11.6 Å². The highest BCUT2D eigenvalue weighted by Gasteiger charge is 2.10. The van der Waals surface area contributed by atoms with Crippen LogP contribution < -0.4 is 5.32 Å². The molecule has 96 valence electrons. The SMILES string of the molecule is Cc1nc(Cl)c(C#N)c(NCCc2cccnc2)n1. The number of aryl methyl sites for hydroxylation is 1. The first kappa shape index (κ1) is 13.2. The van der Waals surface area contributed by atoms with Gasteiger partial charge in [0, 0.05) is 18.9 Å². The second-order valence-corrected chi connectivity index (χ2v) is 4.29. The zero-order valence-electron chi connectivity index (χ0n) is 10.4. The van der Waals surface area contributed by atoms with Crippen LogP contribution in [0.25, 0.3) is 0 Å². The van der Waals surface area contributed by atoms with Crippen LogP contribution in [0, 0.1) is 18.3 Å². The van der Waals surface area contributed by atoms with Crippen LogP contribution in [0.5, 0.6) is 0 Å². The normalized spacial score (nSPS) is 9.95. The largest absolute Gasteiger partial charge is 0.368 e. The van der Waals surface area contributed by atoms with Gasteiger partial charge in [-0.25, -0.2) is 9.97 Å². The minimum atomic E-state index is 0.180. The first-order valence-electron chi connectivity index (χ1n) is 5.77. The molecule has 19 heavy (non-hydrogen) atoms. The molecule has 0 aromatic carbocycles. The number of rotatable bonds is 4. The quantitative estimate of drug-likeness (QED) is 0.866. The van der Waals surface area contributed by atoms with Crippen molar-refractivity contribution >= 4 is 17.4 Å². The van der Waals surface area contributed by atoms with E-state index in [9.17, 15) is 0 Å². The lowest BCUT2D eigenvalue weighted by atomic mass is 10.2. The summed E-state index contributed by atoms with van der Waals surface area (Å²) >= 11 is 5.91. The van der Waals surface area contributed by atoms with Gasteiger partial charge in [0.1, 0.15) is 23.3 Å².